The van der Waals surface area contributed by atoms with E-state index in [4.69, 9.17) is 18.9 Å². The number of carbonyl (C=O) groups excluding carboxylic acids is 2. The lowest BCUT2D eigenvalue weighted by Gasteiger charge is -2.22. The third kappa shape index (κ3) is 8.99. The Morgan fingerprint density at radius 2 is 1.95 bits per heavy atom. The molecule has 0 aliphatic carbocycles. The Bertz CT molecular complexity index is 1440. The summed E-state index contributed by atoms with van der Waals surface area (Å²) in [5.74, 6) is -1.58. The van der Waals surface area contributed by atoms with Crippen molar-refractivity contribution in [3.63, 3.8) is 0 Å². The number of fused-ring (bicyclic) bond motifs is 1. The van der Waals surface area contributed by atoms with Crippen molar-refractivity contribution in [2.75, 3.05) is 13.7 Å². The highest BCUT2D eigenvalue weighted by Crippen LogP contribution is 2.32. The monoisotopic (exact) mass is 585 g/mol. The van der Waals surface area contributed by atoms with Crippen LogP contribution < -0.4 is 10.1 Å². The predicted octanol–water partition coefficient (Wildman–Crippen LogP) is 5.16. The van der Waals surface area contributed by atoms with Crippen LogP contribution >= 0.6 is 0 Å². The average molecular weight is 586 g/mol. The average Bonchev–Trinajstić information content (AvgIpc) is 3.24. The van der Waals surface area contributed by atoms with Crippen LogP contribution in [-0.4, -0.2) is 60.0 Å². The highest BCUT2D eigenvalue weighted by Gasteiger charge is 2.26. The van der Waals surface area contributed by atoms with Crippen molar-refractivity contribution in [2.45, 2.75) is 71.3 Å². The largest absolute Gasteiger partial charge is 0.467 e. The molecule has 1 atom stereocenters. The van der Waals surface area contributed by atoms with Crippen LogP contribution in [0.1, 0.15) is 31.9 Å². The van der Waals surface area contributed by atoms with Crippen molar-refractivity contribution < 1.29 is 32.9 Å². The number of nitrogens with one attached hydrogen (secondary N) is 1. The van der Waals surface area contributed by atoms with Crippen molar-refractivity contribution in [1.29, 1.82) is 5.26 Å². The van der Waals surface area contributed by atoms with E-state index in [-0.39, 0.29) is 30.3 Å². The van der Waals surface area contributed by atoms with Gasteiger partial charge in [-0.3, -0.25) is 0 Å². The Hall–Kier alpha value is -4.02. The second-order valence-electron chi connectivity index (χ2n) is 11.6. The van der Waals surface area contributed by atoms with Crippen LogP contribution in [0.25, 0.3) is 11.0 Å². The third-order valence-corrected chi connectivity index (χ3v) is 7.49. The summed E-state index contributed by atoms with van der Waals surface area (Å²) >= 11 is 0. The zero-order chi connectivity index (χ0) is 30.4. The Morgan fingerprint density at radius 3 is 2.56 bits per heavy atom. The molecule has 0 saturated carbocycles. The molecule has 1 N–H and O–H groups in total. The van der Waals surface area contributed by atoms with Gasteiger partial charge in [-0.1, -0.05) is 25.7 Å². The molecular formula is C28H36FN5O6Si. The van der Waals surface area contributed by atoms with Crippen LogP contribution in [0.2, 0.25) is 25.7 Å². The minimum absolute atomic E-state index is 0.0121. The number of nitrogens with zero attached hydrogens (tertiary/aromatic N) is 4. The van der Waals surface area contributed by atoms with E-state index in [1.807, 2.05) is 0 Å². The van der Waals surface area contributed by atoms with E-state index in [0.29, 0.717) is 23.2 Å². The Balaban J connectivity index is 1.79. The van der Waals surface area contributed by atoms with Crippen molar-refractivity contribution in [1.82, 2.24) is 19.9 Å². The summed E-state index contributed by atoms with van der Waals surface area (Å²) in [4.78, 5) is 32.9. The summed E-state index contributed by atoms with van der Waals surface area (Å²) in [5.41, 5.74) is 0.310. The number of nitriles is 1. The number of methoxy groups -OCH3 is 1. The van der Waals surface area contributed by atoms with Crippen molar-refractivity contribution in [3.05, 3.63) is 47.7 Å². The number of carbonyl (C=O) groups is 2. The lowest BCUT2D eigenvalue weighted by molar-refractivity contribution is -0.143. The lowest BCUT2D eigenvalue weighted by Crippen LogP contribution is -2.45. The van der Waals surface area contributed by atoms with Crippen LogP contribution in [0, 0.1) is 17.1 Å². The standard InChI is InChI=1S/C28H36FN5O6Si/c1-28(2,3)40-27(36)33-21(26(35)37-4)13-18-8-9-22(20(29)12-18)39-25-23-19(14-30)15-34(24(23)31-16-32-25)17-38-10-11-41(5,6)7/h8-9,12,15-16,21H,10-11,13,17H2,1-7H3,(H,33,36)/t21-/m0/s1. The van der Waals surface area contributed by atoms with Crippen molar-refractivity contribution in [3.8, 4) is 17.7 Å². The first kappa shape index (κ1) is 31.5. The Morgan fingerprint density at radius 1 is 1.22 bits per heavy atom. The number of amides is 1. The number of rotatable bonds is 11. The number of benzene rings is 1. The molecule has 220 valence electrons. The van der Waals surface area contributed by atoms with E-state index in [1.165, 1.54) is 25.6 Å². The number of hydrogen-bond donors (Lipinski definition) is 1. The van der Waals surface area contributed by atoms with E-state index >= 15 is 4.39 Å². The number of esters is 1. The zero-order valence-corrected chi connectivity index (χ0v) is 25.4. The van der Waals surface area contributed by atoms with E-state index in [1.54, 1.807) is 37.6 Å². The van der Waals surface area contributed by atoms with Gasteiger partial charge in [0, 0.05) is 27.3 Å². The predicted molar refractivity (Wildman–Crippen MR) is 152 cm³/mol. The van der Waals surface area contributed by atoms with Crippen LogP contribution in [0.5, 0.6) is 11.6 Å². The quantitative estimate of drug-likeness (QED) is 0.184. The van der Waals surface area contributed by atoms with E-state index in [9.17, 15) is 14.9 Å². The molecule has 1 aromatic carbocycles. The topological polar surface area (TPSA) is 138 Å². The normalized spacial score (nSPS) is 12.5. The first-order chi connectivity index (χ1) is 19.2. The fourth-order valence-electron chi connectivity index (χ4n) is 3.78. The van der Waals surface area contributed by atoms with Gasteiger partial charge in [0.25, 0.3) is 0 Å². The second-order valence-corrected chi connectivity index (χ2v) is 17.3. The molecule has 0 fully saturated rings. The summed E-state index contributed by atoms with van der Waals surface area (Å²) in [6, 6.07) is 6.11. The minimum atomic E-state index is -1.26. The van der Waals surface area contributed by atoms with Crippen LogP contribution in [0.15, 0.2) is 30.7 Å². The van der Waals surface area contributed by atoms with Crippen molar-refractivity contribution >= 4 is 31.2 Å². The van der Waals surface area contributed by atoms with Gasteiger partial charge >= 0.3 is 12.1 Å². The van der Waals surface area contributed by atoms with Gasteiger partial charge in [-0.2, -0.15) is 5.26 Å². The van der Waals surface area contributed by atoms with E-state index in [2.05, 4.69) is 41.0 Å². The maximum Gasteiger partial charge on any atom is 0.408 e. The second kappa shape index (κ2) is 13.1. The zero-order valence-electron chi connectivity index (χ0n) is 24.4. The van der Waals surface area contributed by atoms with Gasteiger partial charge in [0.15, 0.2) is 17.2 Å². The minimum Gasteiger partial charge on any atom is -0.467 e. The molecule has 11 nitrogen and oxygen atoms in total. The SMILES string of the molecule is COC(=O)[C@H](Cc1ccc(Oc2ncnc3c2c(C#N)cn3COCC[Si](C)(C)C)c(F)c1)NC(=O)OC(C)(C)C. The molecule has 3 aromatic rings. The Labute approximate surface area is 239 Å². The first-order valence-corrected chi connectivity index (χ1v) is 16.8. The fraction of sp³-hybridized carbons (Fsp3) is 0.464. The third-order valence-electron chi connectivity index (χ3n) is 5.79. The van der Waals surface area contributed by atoms with Gasteiger partial charge in [0.05, 0.1) is 18.1 Å². The molecule has 0 aliphatic rings. The van der Waals surface area contributed by atoms with Gasteiger partial charge in [0.1, 0.15) is 30.8 Å². The summed E-state index contributed by atoms with van der Waals surface area (Å²) in [7, 11) is -0.0714. The highest BCUT2D eigenvalue weighted by atomic mass is 28.3. The van der Waals surface area contributed by atoms with Crippen LogP contribution in [-0.2, 0) is 32.2 Å². The molecular weight excluding hydrogens is 549 g/mol. The lowest BCUT2D eigenvalue weighted by atomic mass is 10.1. The number of hydrogen-bond acceptors (Lipinski definition) is 9. The van der Waals surface area contributed by atoms with Crippen molar-refractivity contribution in [2.24, 2.45) is 0 Å². The highest BCUT2D eigenvalue weighted by molar-refractivity contribution is 6.76. The molecule has 2 heterocycles. The summed E-state index contributed by atoms with van der Waals surface area (Å²) in [6.07, 6.45) is 2.01. The fourth-order valence-corrected chi connectivity index (χ4v) is 4.53. The molecule has 0 saturated heterocycles. The Kier molecular flexibility index (Phi) is 10.1. The number of aromatic nitrogens is 3. The van der Waals surface area contributed by atoms with Gasteiger partial charge < -0.3 is 28.8 Å². The van der Waals surface area contributed by atoms with Gasteiger partial charge in [0.2, 0.25) is 5.88 Å². The van der Waals surface area contributed by atoms with Gasteiger partial charge in [-0.25, -0.2) is 23.9 Å². The smallest absolute Gasteiger partial charge is 0.408 e. The summed E-state index contributed by atoms with van der Waals surface area (Å²) < 4.78 is 38.4. The van der Waals surface area contributed by atoms with Crippen LogP contribution in [0.3, 0.4) is 0 Å². The number of halogens is 1. The molecule has 0 bridgehead atoms. The molecule has 1 amide bonds. The van der Waals surface area contributed by atoms with E-state index < -0.39 is 37.6 Å². The molecule has 0 aliphatic heterocycles. The maximum absolute atomic E-state index is 15.2. The number of alkyl carbamates (subject to hydrolysis) is 1. The first-order valence-electron chi connectivity index (χ1n) is 13.1. The molecule has 0 unspecified atom stereocenters. The van der Waals surface area contributed by atoms with Gasteiger partial charge in [-0.15, -0.1) is 0 Å². The molecule has 13 heteroatoms. The van der Waals surface area contributed by atoms with Crippen LogP contribution in [0.4, 0.5) is 9.18 Å². The molecule has 0 spiro atoms. The molecule has 2 aromatic heterocycles. The van der Waals surface area contributed by atoms with E-state index in [0.717, 1.165) is 6.04 Å². The molecule has 3 rings (SSSR count). The number of ether oxygens (including phenoxy) is 4. The maximum atomic E-state index is 15.2. The van der Waals surface area contributed by atoms with Gasteiger partial charge in [-0.05, 0) is 44.5 Å². The summed E-state index contributed by atoms with van der Waals surface area (Å²) in [5, 5.41) is 12.5. The molecule has 41 heavy (non-hydrogen) atoms. The summed E-state index contributed by atoms with van der Waals surface area (Å²) in [6.45, 7) is 12.6. The molecule has 0 radical (unpaired) electrons.